The van der Waals surface area contributed by atoms with Crippen LogP contribution in [0.15, 0.2) is 42.9 Å². The smallest absolute Gasteiger partial charge is 0.212 e. The third kappa shape index (κ3) is 2.82. The number of methoxy groups -OCH3 is 1. The van der Waals surface area contributed by atoms with Crippen LogP contribution in [0.1, 0.15) is 5.56 Å². The van der Waals surface area contributed by atoms with Crippen molar-refractivity contribution in [1.29, 1.82) is 0 Å². The normalized spacial score (nSPS) is 10.5. The van der Waals surface area contributed by atoms with Crippen LogP contribution in [0.4, 0.5) is 0 Å². The van der Waals surface area contributed by atoms with Gasteiger partial charge >= 0.3 is 0 Å². The van der Waals surface area contributed by atoms with Gasteiger partial charge in [0.05, 0.1) is 13.7 Å². The molecule has 0 radical (unpaired) electrons. The molecule has 0 aromatic carbocycles. The third-order valence-electron chi connectivity index (χ3n) is 3.04. The molecule has 0 aliphatic rings. The summed E-state index contributed by atoms with van der Waals surface area (Å²) in [5, 5.41) is 7.12. The molecule has 0 amide bonds. The quantitative estimate of drug-likeness (QED) is 0.749. The summed E-state index contributed by atoms with van der Waals surface area (Å²) in [5.41, 5.74) is 1.97. The van der Waals surface area contributed by atoms with Crippen molar-refractivity contribution >= 4 is 12.2 Å². The van der Waals surface area contributed by atoms with Gasteiger partial charge in [-0.05, 0) is 29.9 Å². The van der Waals surface area contributed by atoms with Gasteiger partial charge in [0.25, 0.3) is 0 Å². The van der Waals surface area contributed by atoms with Gasteiger partial charge in [0, 0.05) is 30.2 Å². The first-order chi connectivity index (χ1) is 10.3. The summed E-state index contributed by atoms with van der Waals surface area (Å²) < 4.78 is 7.55. The zero-order valence-electron chi connectivity index (χ0n) is 11.4. The van der Waals surface area contributed by atoms with Gasteiger partial charge in [-0.15, -0.1) is 0 Å². The van der Waals surface area contributed by atoms with Crippen molar-refractivity contribution in [2.24, 2.45) is 0 Å². The van der Waals surface area contributed by atoms with Crippen LogP contribution in [-0.4, -0.2) is 31.8 Å². The molecule has 0 unspecified atom stereocenters. The summed E-state index contributed by atoms with van der Waals surface area (Å²) in [6.07, 6.45) is 5.22. The van der Waals surface area contributed by atoms with E-state index in [0.717, 1.165) is 17.0 Å². The first-order valence-corrected chi connectivity index (χ1v) is 6.73. The van der Waals surface area contributed by atoms with E-state index in [2.05, 4.69) is 20.2 Å². The van der Waals surface area contributed by atoms with E-state index in [4.69, 9.17) is 17.0 Å². The Morgan fingerprint density at radius 3 is 2.71 bits per heavy atom. The highest BCUT2D eigenvalue weighted by Crippen LogP contribution is 2.17. The number of aromatic nitrogens is 5. The number of nitrogens with zero attached hydrogens (tertiary/aromatic N) is 4. The van der Waals surface area contributed by atoms with Crippen molar-refractivity contribution in [3.05, 3.63) is 53.2 Å². The fraction of sp³-hybridized carbons (Fsp3) is 0.143. The molecular formula is C14H13N5OS. The number of aromatic amines is 1. The van der Waals surface area contributed by atoms with E-state index >= 15 is 0 Å². The maximum atomic E-state index is 5.30. The standard InChI is InChI=1S/C14H13N5OS/c1-20-12-3-2-10(8-16-12)9-19-13(17-18-14(19)21)11-4-6-15-7-5-11/h2-8H,9H2,1H3,(H,18,21). The Labute approximate surface area is 126 Å². The number of pyridine rings is 2. The Hall–Kier alpha value is -2.54. The second kappa shape index (κ2) is 5.84. The van der Waals surface area contributed by atoms with Crippen molar-refractivity contribution in [3.8, 4) is 17.3 Å². The fourth-order valence-corrected chi connectivity index (χ4v) is 2.19. The van der Waals surface area contributed by atoms with Crippen molar-refractivity contribution in [2.75, 3.05) is 7.11 Å². The molecule has 0 aliphatic carbocycles. The second-order valence-electron chi connectivity index (χ2n) is 4.38. The molecule has 0 bridgehead atoms. The van der Waals surface area contributed by atoms with E-state index in [1.807, 2.05) is 28.8 Å². The molecule has 3 aromatic rings. The van der Waals surface area contributed by atoms with Gasteiger partial charge in [0.15, 0.2) is 10.6 Å². The SMILES string of the molecule is COc1ccc(Cn2c(-c3ccncc3)n[nH]c2=S)cn1. The predicted molar refractivity (Wildman–Crippen MR) is 80.5 cm³/mol. The highest BCUT2D eigenvalue weighted by molar-refractivity contribution is 7.71. The first-order valence-electron chi connectivity index (χ1n) is 6.32. The Bertz CT molecular complexity index is 779. The number of hydrogen-bond donors (Lipinski definition) is 1. The van der Waals surface area contributed by atoms with Crippen LogP contribution in [0, 0.1) is 4.77 Å². The molecule has 1 N–H and O–H groups in total. The summed E-state index contributed by atoms with van der Waals surface area (Å²) >= 11 is 5.30. The monoisotopic (exact) mass is 299 g/mol. The van der Waals surface area contributed by atoms with Crippen molar-refractivity contribution in [1.82, 2.24) is 24.7 Å². The van der Waals surface area contributed by atoms with Gasteiger partial charge in [-0.1, -0.05) is 6.07 Å². The Morgan fingerprint density at radius 2 is 2.05 bits per heavy atom. The van der Waals surface area contributed by atoms with Crippen LogP contribution >= 0.6 is 12.2 Å². The van der Waals surface area contributed by atoms with Gasteiger partial charge in [-0.25, -0.2) is 4.98 Å². The minimum atomic E-state index is 0.567. The van der Waals surface area contributed by atoms with E-state index in [1.54, 1.807) is 25.7 Å². The number of hydrogen-bond acceptors (Lipinski definition) is 5. The van der Waals surface area contributed by atoms with Crippen LogP contribution in [0.5, 0.6) is 5.88 Å². The summed E-state index contributed by atoms with van der Waals surface area (Å²) in [5.74, 6) is 1.36. The van der Waals surface area contributed by atoms with Crippen molar-refractivity contribution in [3.63, 3.8) is 0 Å². The highest BCUT2D eigenvalue weighted by atomic mass is 32.1. The van der Waals surface area contributed by atoms with E-state index in [1.165, 1.54) is 0 Å². The molecular weight excluding hydrogens is 286 g/mol. The molecule has 3 rings (SSSR count). The van der Waals surface area contributed by atoms with Gasteiger partial charge in [-0.3, -0.25) is 14.6 Å². The topological polar surface area (TPSA) is 68.6 Å². The average Bonchev–Trinajstić information content (AvgIpc) is 2.90. The van der Waals surface area contributed by atoms with Crippen molar-refractivity contribution < 1.29 is 4.74 Å². The van der Waals surface area contributed by atoms with Gasteiger partial charge in [0.1, 0.15) is 0 Å². The predicted octanol–water partition coefficient (Wildman–Crippen LogP) is 2.45. The summed E-state index contributed by atoms with van der Waals surface area (Å²) in [6.45, 7) is 0.587. The van der Waals surface area contributed by atoms with Crippen LogP contribution < -0.4 is 4.74 Å². The average molecular weight is 299 g/mol. The largest absolute Gasteiger partial charge is 0.481 e. The summed E-state index contributed by atoms with van der Waals surface area (Å²) in [4.78, 5) is 8.21. The van der Waals surface area contributed by atoms with E-state index in [0.29, 0.717) is 17.2 Å². The van der Waals surface area contributed by atoms with Crippen LogP contribution in [0.25, 0.3) is 11.4 Å². The summed E-state index contributed by atoms with van der Waals surface area (Å²) in [7, 11) is 1.59. The molecule has 0 saturated heterocycles. The molecule has 0 aliphatic heterocycles. The molecule has 0 spiro atoms. The molecule has 21 heavy (non-hydrogen) atoms. The number of H-pyrrole nitrogens is 1. The zero-order valence-corrected chi connectivity index (χ0v) is 12.2. The second-order valence-corrected chi connectivity index (χ2v) is 4.77. The Balaban J connectivity index is 1.95. The molecule has 3 heterocycles. The van der Waals surface area contributed by atoms with Crippen molar-refractivity contribution in [2.45, 2.75) is 6.54 Å². The van der Waals surface area contributed by atoms with Gasteiger partial charge < -0.3 is 4.74 Å². The minimum Gasteiger partial charge on any atom is -0.481 e. The van der Waals surface area contributed by atoms with E-state index in [9.17, 15) is 0 Å². The third-order valence-corrected chi connectivity index (χ3v) is 3.36. The number of ether oxygens (including phenoxy) is 1. The summed E-state index contributed by atoms with van der Waals surface area (Å²) in [6, 6.07) is 7.57. The van der Waals surface area contributed by atoms with Crippen LogP contribution in [0.2, 0.25) is 0 Å². The lowest BCUT2D eigenvalue weighted by Crippen LogP contribution is -2.03. The van der Waals surface area contributed by atoms with Gasteiger partial charge in [0.2, 0.25) is 5.88 Å². The zero-order chi connectivity index (χ0) is 14.7. The first kappa shape index (κ1) is 13.4. The maximum absolute atomic E-state index is 5.30. The lowest BCUT2D eigenvalue weighted by atomic mass is 10.2. The molecule has 106 valence electrons. The number of rotatable bonds is 4. The van der Waals surface area contributed by atoms with E-state index in [-0.39, 0.29) is 0 Å². The molecule has 0 atom stereocenters. The highest BCUT2D eigenvalue weighted by Gasteiger charge is 2.09. The molecule has 0 fully saturated rings. The molecule has 6 nitrogen and oxygen atoms in total. The van der Waals surface area contributed by atoms with Crippen LogP contribution in [-0.2, 0) is 6.54 Å². The molecule has 3 aromatic heterocycles. The molecule has 0 saturated carbocycles. The lowest BCUT2D eigenvalue weighted by molar-refractivity contribution is 0.397. The van der Waals surface area contributed by atoms with E-state index < -0.39 is 0 Å². The lowest BCUT2D eigenvalue weighted by Gasteiger charge is -2.07. The Kier molecular flexibility index (Phi) is 3.74. The Morgan fingerprint density at radius 1 is 1.24 bits per heavy atom. The minimum absolute atomic E-state index is 0.567. The number of nitrogens with one attached hydrogen (secondary N) is 1. The van der Waals surface area contributed by atoms with Gasteiger partial charge in [-0.2, -0.15) is 5.10 Å². The van der Waals surface area contributed by atoms with Crippen LogP contribution in [0.3, 0.4) is 0 Å². The molecule has 7 heteroatoms. The maximum Gasteiger partial charge on any atom is 0.212 e. The fourth-order valence-electron chi connectivity index (χ4n) is 1.99.